The third kappa shape index (κ3) is 2.86. The molecule has 0 aromatic carbocycles. The van der Waals surface area contributed by atoms with E-state index < -0.39 is 5.97 Å². The summed E-state index contributed by atoms with van der Waals surface area (Å²) >= 11 is 1.41. The minimum Gasteiger partial charge on any atom is -0.481 e. The highest BCUT2D eigenvalue weighted by Crippen LogP contribution is 2.20. The lowest BCUT2D eigenvalue weighted by Crippen LogP contribution is -2.24. The quantitative estimate of drug-likeness (QED) is 0.746. The SMILES string of the molecule is CC(C)Cn1c(=O)c2sccc2n2c(CCCC(=O)O)nnc12. The number of aliphatic carboxylic acids is 1. The highest BCUT2D eigenvalue weighted by Gasteiger charge is 2.17. The van der Waals surface area contributed by atoms with E-state index in [0.29, 0.717) is 41.6 Å². The molecule has 3 rings (SSSR count). The fourth-order valence-corrected chi connectivity index (χ4v) is 3.49. The molecule has 0 aliphatic carbocycles. The van der Waals surface area contributed by atoms with Gasteiger partial charge in [0, 0.05) is 19.4 Å². The van der Waals surface area contributed by atoms with Gasteiger partial charge in [0.1, 0.15) is 10.5 Å². The van der Waals surface area contributed by atoms with Gasteiger partial charge in [-0.1, -0.05) is 13.8 Å². The van der Waals surface area contributed by atoms with Gasteiger partial charge in [-0.15, -0.1) is 21.5 Å². The Morgan fingerprint density at radius 1 is 1.39 bits per heavy atom. The van der Waals surface area contributed by atoms with Crippen molar-refractivity contribution in [1.29, 1.82) is 0 Å². The Morgan fingerprint density at radius 3 is 2.87 bits per heavy atom. The summed E-state index contributed by atoms with van der Waals surface area (Å²) in [5.74, 6) is 0.708. The van der Waals surface area contributed by atoms with Crippen LogP contribution < -0.4 is 5.56 Å². The van der Waals surface area contributed by atoms with Crippen LogP contribution in [0, 0.1) is 5.92 Å². The number of carboxylic acid groups (broad SMARTS) is 1. The molecule has 0 saturated heterocycles. The molecule has 0 saturated carbocycles. The van der Waals surface area contributed by atoms with Gasteiger partial charge in [-0.05, 0) is 23.8 Å². The molecule has 0 atom stereocenters. The van der Waals surface area contributed by atoms with Crippen LogP contribution in [0.3, 0.4) is 0 Å². The number of rotatable bonds is 6. The molecule has 8 heteroatoms. The van der Waals surface area contributed by atoms with Gasteiger partial charge in [0.05, 0.1) is 5.52 Å². The Labute approximate surface area is 136 Å². The van der Waals surface area contributed by atoms with E-state index in [4.69, 9.17) is 5.11 Å². The van der Waals surface area contributed by atoms with Gasteiger partial charge >= 0.3 is 5.97 Å². The topological polar surface area (TPSA) is 89.5 Å². The van der Waals surface area contributed by atoms with Crippen LogP contribution in [0.15, 0.2) is 16.2 Å². The van der Waals surface area contributed by atoms with E-state index in [2.05, 4.69) is 10.2 Å². The summed E-state index contributed by atoms with van der Waals surface area (Å²) in [6.45, 7) is 4.67. The van der Waals surface area contributed by atoms with E-state index in [1.165, 1.54) is 11.3 Å². The first-order valence-corrected chi connectivity index (χ1v) is 8.42. The lowest BCUT2D eigenvalue weighted by Gasteiger charge is -2.11. The molecule has 0 unspecified atom stereocenters. The number of carboxylic acids is 1. The van der Waals surface area contributed by atoms with Crippen molar-refractivity contribution in [2.45, 2.75) is 39.7 Å². The molecule has 1 N–H and O–H groups in total. The summed E-state index contributed by atoms with van der Waals surface area (Å²) in [6.07, 6.45) is 1.09. The summed E-state index contributed by atoms with van der Waals surface area (Å²) in [4.78, 5) is 23.4. The molecule has 7 nitrogen and oxygen atoms in total. The Balaban J connectivity index is 2.16. The second kappa shape index (κ2) is 6.11. The first-order valence-electron chi connectivity index (χ1n) is 7.55. The summed E-state index contributed by atoms with van der Waals surface area (Å²) in [6, 6.07) is 1.89. The van der Waals surface area contributed by atoms with Crippen molar-refractivity contribution in [2.75, 3.05) is 0 Å². The number of carbonyl (C=O) groups is 1. The van der Waals surface area contributed by atoms with Crippen molar-refractivity contribution in [3.05, 3.63) is 27.6 Å². The normalized spacial score (nSPS) is 11.8. The van der Waals surface area contributed by atoms with Crippen LogP contribution >= 0.6 is 11.3 Å². The van der Waals surface area contributed by atoms with E-state index in [1.54, 1.807) is 4.57 Å². The molecule has 0 radical (unpaired) electrons. The van der Waals surface area contributed by atoms with Crippen LogP contribution in [-0.2, 0) is 17.8 Å². The van der Waals surface area contributed by atoms with Crippen LogP contribution in [-0.4, -0.2) is 30.2 Å². The largest absolute Gasteiger partial charge is 0.481 e. The molecule has 0 bridgehead atoms. The van der Waals surface area contributed by atoms with Crippen molar-refractivity contribution in [3.63, 3.8) is 0 Å². The number of aromatic nitrogens is 4. The number of hydrogen-bond acceptors (Lipinski definition) is 5. The molecule has 0 spiro atoms. The molecule has 3 aromatic rings. The van der Waals surface area contributed by atoms with Crippen LogP contribution in [0.25, 0.3) is 16.0 Å². The van der Waals surface area contributed by atoms with Gasteiger partial charge in [-0.25, -0.2) is 0 Å². The van der Waals surface area contributed by atoms with Crippen molar-refractivity contribution >= 4 is 33.3 Å². The standard InChI is InChI=1S/C15H18N4O3S/c1-9(2)8-18-14(22)13-10(6-7-23-13)19-11(16-17-15(18)19)4-3-5-12(20)21/h6-7,9H,3-5,8H2,1-2H3,(H,20,21). The minimum absolute atomic E-state index is 0.0410. The zero-order valence-corrected chi connectivity index (χ0v) is 13.8. The molecular weight excluding hydrogens is 316 g/mol. The van der Waals surface area contributed by atoms with Crippen LogP contribution in [0.4, 0.5) is 0 Å². The molecule has 122 valence electrons. The van der Waals surface area contributed by atoms with Crippen molar-refractivity contribution in [1.82, 2.24) is 19.2 Å². The maximum Gasteiger partial charge on any atom is 0.303 e. The second-order valence-corrected chi connectivity index (χ2v) is 6.86. The van der Waals surface area contributed by atoms with E-state index in [1.807, 2.05) is 29.7 Å². The van der Waals surface area contributed by atoms with Gasteiger partial charge < -0.3 is 5.11 Å². The van der Waals surface area contributed by atoms with Crippen LogP contribution in [0.1, 0.15) is 32.5 Å². The van der Waals surface area contributed by atoms with Gasteiger partial charge in [-0.2, -0.15) is 0 Å². The van der Waals surface area contributed by atoms with Crippen LogP contribution in [0.2, 0.25) is 0 Å². The molecule has 0 amide bonds. The molecule has 23 heavy (non-hydrogen) atoms. The number of aryl methyl sites for hydroxylation is 1. The van der Waals surface area contributed by atoms with Gasteiger partial charge in [0.25, 0.3) is 5.56 Å². The number of hydrogen-bond donors (Lipinski definition) is 1. The minimum atomic E-state index is -0.823. The smallest absolute Gasteiger partial charge is 0.303 e. The maximum absolute atomic E-state index is 12.7. The van der Waals surface area contributed by atoms with Gasteiger partial charge in [-0.3, -0.25) is 18.6 Å². The highest BCUT2D eigenvalue weighted by atomic mass is 32.1. The Bertz CT molecular complexity index is 922. The van der Waals surface area contributed by atoms with E-state index in [-0.39, 0.29) is 12.0 Å². The first kappa shape index (κ1) is 15.7. The van der Waals surface area contributed by atoms with Gasteiger partial charge in [0.2, 0.25) is 5.78 Å². The number of fused-ring (bicyclic) bond motifs is 3. The summed E-state index contributed by atoms with van der Waals surface area (Å²) in [7, 11) is 0. The summed E-state index contributed by atoms with van der Waals surface area (Å²) in [5, 5.41) is 19.1. The lowest BCUT2D eigenvalue weighted by atomic mass is 10.2. The van der Waals surface area contributed by atoms with E-state index in [9.17, 15) is 9.59 Å². The Morgan fingerprint density at radius 2 is 2.17 bits per heavy atom. The van der Waals surface area contributed by atoms with E-state index >= 15 is 0 Å². The first-order chi connectivity index (χ1) is 11.0. The highest BCUT2D eigenvalue weighted by molar-refractivity contribution is 7.17. The van der Waals surface area contributed by atoms with Crippen molar-refractivity contribution < 1.29 is 9.90 Å². The number of nitrogens with zero attached hydrogens (tertiary/aromatic N) is 4. The Kier molecular flexibility index (Phi) is 4.16. The van der Waals surface area contributed by atoms with Crippen LogP contribution in [0.5, 0.6) is 0 Å². The average Bonchev–Trinajstić information content (AvgIpc) is 3.09. The zero-order chi connectivity index (χ0) is 16.6. The monoisotopic (exact) mass is 334 g/mol. The molecule has 3 heterocycles. The molecular formula is C15H18N4O3S. The predicted octanol–water partition coefficient (Wildman–Crippen LogP) is 2.17. The number of thiophene rings is 1. The predicted molar refractivity (Wildman–Crippen MR) is 88.0 cm³/mol. The Hall–Kier alpha value is -2.22. The molecule has 3 aromatic heterocycles. The van der Waals surface area contributed by atoms with E-state index in [0.717, 1.165) is 5.52 Å². The fraction of sp³-hybridized carbons (Fsp3) is 0.467. The second-order valence-electron chi connectivity index (χ2n) is 5.94. The van der Waals surface area contributed by atoms with Crippen molar-refractivity contribution in [2.24, 2.45) is 5.92 Å². The molecule has 0 fully saturated rings. The fourth-order valence-electron chi connectivity index (χ4n) is 2.67. The lowest BCUT2D eigenvalue weighted by molar-refractivity contribution is -0.137. The third-order valence-corrected chi connectivity index (χ3v) is 4.51. The summed E-state index contributed by atoms with van der Waals surface area (Å²) < 4.78 is 4.23. The maximum atomic E-state index is 12.7. The third-order valence-electron chi connectivity index (χ3n) is 3.62. The molecule has 0 aliphatic heterocycles. The molecule has 0 aliphatic rings. The zero-order valence-electron chi connectivity index (χ0n) is 13.0. The average molecular weight is 334 g/mol. The van der Waals surface area contributed by atoms with Crippen molar-refractivity contribution in [3.8, 4) is 0 Å². The summed E-state index contributed by atoms with van der Waals surface area (Å²) in [5.41, 5.74) is 0.756. The van der Waals surface area contributed by atoms with Gasteiger partial charge in [0.15, 0.2) is 0 Å².